The largest absolute Gasteiger partial charge is 0.439 e. The Labute approximate surface area is 116 Å². The van der Waals surface area contributed by atoms with Crippen molar-refractivity contribution in [3.63, 3.8) is 0 Å². The maximum absolute atomic E-state index is 12.9. The van der Waals surface area contributed by atoms with Crippen LogP contribution in [-0.2, 0) is 6.18 Å². The average Bonchev–Trinajstić information content (AvgIpc) is 2.73. The number of benzene rings is 1. The zero-order valence-corrected chi connectivity index (χ0v) is 11.1. The molecule has 0 aliphatic carbocycles. The summed E-state index contributed by atoms with van der Waals surface area (Å²) in [6, 6.07) is 3.54. The number of halogens is 3. The molecule has 0 saturated carbocycles. The molecule has 106 valence electrons. The summed E-state index contributed by atoms with van der Waals surface area (Å²) >= 11 is 0.970. The molecule has 0 saturated heterocycles. The highest BCUT2D eigenvalue weighted by molar-refractivity contribution is 7.99. The summed E-state index contributed by atoms with van der Waals surface area (Å²) in [5.41, 5.74) is 4.52. The second-order valence-corrected chi connectivity index (χ2v) is 5.00. The van der Waals surface area contributed by atoms with Crippen molar-refractivity contribution in [2.24, 2.45) is 5.73 Å². The Bertz CT molecular complexity index is 652. The zero-order valence-electron chi connectivity index (χ0n) is 10.3. The molecule has 1 aromatic carbocycles. The van der Waals surface area contributed by atoms with Crippen molar-refractivity contribution in [3.05, 3.63) is 41.3 Å². The maximum atomic E-state index is 12.9. The van der Waals surface area contributed by atoms with Crippen LogP contribution in [0.4, 0.5) is 13.2 Å². The molecule has 3 N–H and O–H groups in total. The first-order valence-corrected chi connectivity index (χ1v) is 6.24. The Balaban J connectivity index is 2.39. The SMILES string of the molecule is Cc1coc(Sc2ccc(C(=N)N)c(C(F)(F)F)c2)n1. The van der Waals surface area contributed by atoms with E-state index in [4.69, 9.17) is 15.6 Å². The van der Waals surface area contributed by atoms with Gasteiger partial charge in [0.05, 0.1) is 11.3 Å². The number of hydrogen-bond donors (Lipinski definition) is 2. The molecule has 2 rings (SSSR count). The summed E-state index contributed by atoms with van der Waals surface area (Å²) in [6.45, 7) is 1.72. The molecule has 0 aliphatic heterocycles. The van der Waals surface area contributed by atoms with Gasteiger partial charge in [-0.05, 0) is 36.9 Å². The van der Waals surface area contributed by atoms with Crippen LogP contribution >= 0.6 is 11.8 Å². The van der Waals surface area contributed by atoms with Crippen LogP contribution in [0.5, 0.6) is 0 Å². The Kier molecular flexibility index (Phi) is 3.76. The summed E-state index contributed by atoms with van der Waals surface area (Å²) in [4.78, 5) is 4.31. The number of rotatable bonds is 3. The van der Waals surface area contributed by atoms with Crippen molar-refractivity contribution in [3.8, 4) is 0 Å². The van der Waals surface area contributed by atoms with Crippen LogP contribution < -0.4 is 5.73 Å². The number of aromatic nitrogens is 1. The van der Waals surface area contributed by atoms with E-state index in [2.05, 4.69) is 4.98 Å². The van der Waals surface area contributed by atoms with Gasteiger partial charge in [-0.3, -0.25) is 5.41 Å². The smallest absolute Gasteiger partial charge is 0.417 e. The number of hydrogen-bond acceptors (Lipinski definition) is 4. The van der Waals surface area contributed by atoms with Gasteiger partial charge in [-0.1, -0.05) is 0 Å². The topological polar surface area (TPSA) is 75.9 Å². The van der Waals surface area contributed by atoms with Gasteiger partial charge < -0.3 is 10.2 Å². The number of amidine groups is 1. The zero-order chi connectivity index (χ0) is 14.9. The first-order valence-electron chi connectivity index (χ1n) is 5.43. The highest BCUT2D eigenvalue weighted by Crippen LogP contribution is 2.36. The van der Waals surface area contributed by atoms with E-state index in [-0.39, 0.29) is 10.8 Å². The van der Waals surface area contributed by atoms with E-state index < -0.39 is 17.6 Å². The van der Waals surface area contributed by atoms with Crippen LogP contribution in [0.1, 0.15) is 16.8 Å². The second-order valence-electron chi connectivity index (χ2n) is 3.98. The molecule has 0 atom stereocenters. The summed E-state index contributed by atoms with van der Waals surface area (Å²) < 4.78 is 43.9. The van der Waals surface area contributed by atoms with E-state index in [0.717, 1.165) is 17.8 Å². The van der Waals surface area contributed by atoms with Gasteiger partial charge in [0.15, 0.2) is 0 Å². The Morgan fingerprint density at radius 1 is 1.40 bits per heavy atom. The van der Waals surface area contributed by atoms with Crippen molar-refractivity contribution in [2.45, 2.75) is 23.2 Å². The molecule has 0 aliphatic rings. The van der Waals surface area contributed by atoms with E-state index in [1.54, 1.807) is 6.92 Å². The molecule has 0 amide bonds. The van der Waals surface area contributed by atoms with Crippen molar-refractivity contribution in [1.82, 2.24) is 4.98 Å². The average molecular weight is 301 g/mol. The van der Waals surface area contributed by atoms with E-state index >= 15 is 0 Å². The number of nitrogens with one attached hydrogen (secondary N) is 1. The van der Waals surface area contributed by atoms with Crippen molar-refractivity contribution in [1.29, 1.82) is 5.41 Å². The van der Waals surface area contributed by atoms with E-state index in [1.165, 1.54) is 18.4 Å². The Hall–Kier alpha value is -1.96. The van der Waals surface area contributed by atoms with Gasteiger partial charge in [-0.2, -0.15) is 13.2 Å². The molecular weight excluding hydrogens is 291 g/mol. The van der Waals surface area contributed by atoms with Crippen LogP contribution in [0.25, 0.3) is 0 Å². The van der Waals surface area contributed by atoms with Crippen LogP contribution in [0.15, 0.2) is 39.0 Å². The van der Waals surface area contributed by atoms with Gasteiger partial charge in [0.25, 0.3) is 5.22 Å². The molecule has 0 bridgehead atoms. The molecule has 0 radical (unpaired) electrons. The minimum Gasteiger partial charge on any atom is -0.439 e. The number of alkyl halides is 3. The quantitative estimate of drug-likeness (QED) is 0.672. The van der Waals surface area contributed by atoms with E-state index in [0.29, 0.717) is 10.6 Å². The number of aryl methyl sites for hydroxylation is 1. The number of oxazole rings is 1. The monoisotopic (exact) mass is 301 g/mol. The van der Waals surface area contributed by atoms with Crippen molar-refractivity contribution >= 4 is 17.6 Å². The first-order chi connectivity index (χ1) is 9.27. The number of nitrogen functional groups attached to an aromatic ring is 1. The summed E-state index contributed by atoms with van der Waals surface area (Å²) in [5, 5.41) is 7.45. The van der Waals surface area contributed by atoms with Crippen LogP contribution in [-0.4, -0.2) is 10.8 Å². The number of nitrogens with zero attached hydrogens (tertiary/aromatic N) is 1. The maximum Gasteiger partial charge on any atom is 0.417 e. The third-order valence-corrected chi connectivity index (χ3v) is 3.24. The number of nitrogens with two attached hydrogens (primary N) is 1. The molecule has 4 nitrogen and oxygen atoms in total. The standard InChI is InChI=1S/C12H10F3N3OS/c1-6-5-19-11(18-6)20-7-2-3-8(10(16)17)9(4-7)12(13,14)15/h2-5H,1H3,(H3,16,17). The molecule has 20 heavy (non-hydrogen) atoms. The molecule has 8 heteroatoms. The molecule has 1 aromatic heterocycles. The van der Waals surface area contributed by atoms with Crippen molar-refractivity contribution < 1.29 is 17.6 Å². The predicted octanol–water partition coefficient (Wildman–Crippen LogP) is 3.44. The lowest BCUT2D eigenvalue weighted by molar-refractivity contribution is -0.137. The lowest BCUT2D eigenvalue weighted by Crippen LogP contribution is -2.18. The lowest BCUT2D eigenvalue weighted by Gasteiger charge is -2.12. The fraction of sp³-hybridized carbons (Fsp3) is 0.167. The summed E-state index contributed by atoms with van der Waals surface area (Å²) in [5.74, 6) is -0.624. The van der Waals surface area contributed by atoms with Gasteiger partial charge in [0, 0.05) is 10.5 Å². The van der Waals surface area contributed by atoms with Gasteiger partial charge in [0.2, 0.25) is 0 Å². The normalized spacial score (nSPS) is 11.6. The van der Waals surface area contributed by atoms with E-state index in [9.17, 15) is 13.2 Å². The fourth-order valence-corrected chi connectivity index (χ4v) is 2.34. The van der Waals surface area contributed by atoms with Crippen molar-refractivity contribution in [2.75, 3.05) is 0 Å². The molecule has 0 fully saturated rings. The van der Waals surface area contributed by atoms with Crippen LogP contribution in [0, 0.1) is 12.3 Å². The minimum atomic E-state index is -4.58. The molecule has 1 heterocycles. The highest BCUT2D eigenvalue weighted by atomic mass is 32.2. The highest BCUT2D eigenvalue weighted by Gasteiger charge is 2.34. The Morgan fingerprint density at radius 2 is 2.10 bits per heavy atom. The molecule has 0 spiro atoms. The molecule has 2 aromatic rings. The van der Waals surface area contributed by atoms with E-state index in [1.807, 2.05) is 0 Å². The lowest BCUT2D eigenvalue weighted by atomic mass is 10.1. The summed E-state index contributed by atoms with van der Waals surface area (Å²) in [7, 11) is 0. The molecular formula is C12H10F3N3OS. The third kappa shape index (κ3) is 3.13. The van der Waals surface area contributed by atoms with Gasteiger partial charge in [-0.25, -0.2) is 4.98 Å². The van der Waals surface area contributed by atoms with Crippen LogP contribution in [0.2, 0.25) is 0 Å². The van der Waals surface area contributed by atoms with Gasteiger partial charge in [-0.15, -0.1) is 0 Å². The first kappa shape index (κ1) is 14.4. The fourth-order valence-electron chi connectivity index (χ4n) is 1.54. The molecule has 0 unspecified atom stereocenters. The Morgan fingerprint density at radius 3 is 2.60 bits per heavy atom. The van der Waals surface area contributed by atoms with Crippen LogP contribution in [0.3, 0.4) is 0 Å². The van der Waals surface area contributed by atoms with Gasteiger partial charge in [0.1, 0.15) is 12.1 Å². The summed E-state index contributed by atoms with van der Waals surface area (Å²) in [6.07, 6.45) is -3.17. The van der Waals surface area contributed by atoms with Gasteiger partial charge >= 0.3 is 6.18 Å². The predicted molar refractivity (Wildman–Crippen MR) is 67.8 cm³/mol. The second kappa shape index (κ2) is 5.20. The minimum absolute atomic E-state index is 0.256. The third-order valence-electron chi connectivity index (χ3n) is 2.39.